The third kappa shape index (κ3) is 2.82. The van der Waals surface area contributed by atoms with Crippen LogP contribution in [0.3, 0.4) is 0 Å². The lowest BCUT2D eigenvalue weighted by Crippen LogP contribution is -2.01. The van der Waals surface area contributed by atoms with Gasteiger partial charge in [-0.05, 0) is 21.9 Å². The van der Waals surface area contributed by atoms with Gasteiger partial charge < -0.3 is 5.11 Å². The van der Waals surface area contributed by atoms with E-state index in [1.807, 2.05) is 12.1 Å². The third-order valence-electron chi connectivity index (χ3n) is 2.55. The minimum Gasteiger partial charge on any atom is -0.392 e. The zero-order valence-corrected chi connectivity index (χ0v) is 9.81. The van der Waals surface area contributed by atoms with E-state index in [9.17, 15) is 8.42 Å². The van der Waals surface area contributed by atoms with Crippen LogP contribution >= 0.6 is 0 Å². The number of fused-ring (bicyclic) bond motifs is 1. The molecule has 0 aliphatic heterocycles. The lowest BCUT2D eigenvalue weighted by Gasteiger charge is -2.05. The highest BCUT2D eigenvalue weighted by molar-refractivity contribution is 7.85. The van der Waals surface area contributed by atoms with E-state index in [-0.39, 0.29) is 6.61 Å². The summed E-state index contributed by atoms with van der Waals surface area (Å²) in [7, 11) is -4.01. The lowest BCUT2D eigenvalue weighted by molar-refractivity contribution is 0.283. The second-order valence-electron chi connectivity index (χ2n) is 3.86. The fourth-order valence-corrected chi connectivity index (χ4v) is 2.44. The van der Waals surface area contributed by atoms with Crippen molar-refractivity contribution in [3.8, 4) is 0 Å². The van der Waals surface area contributed by atoms with Crippen LogP contribution in [0.25, 0.3) is 10.8 Å². The zero-order valence-electron chi connectivity index (χ0n) is 9.00. The molecule has 2 aromatic carbocycles. The van der Waals surface area contributed by atoms with Crippen molar-refractivity contribution < 1.29 is 18.1 Å². The average Bonchev–Trinajstić information content (AvgIpc) is 2.25. The van der Waals surface area contributed by atoms with E-state index in [4.69, 9.17) is 9.66 Å². The first-order valence-corrected chi connectivity index (χ1v) is 6.67. The topological polar surface area (TPSA) is 74.6 Å². The molecule has 0 amide bonds. The molecule has 0 radical (unpaired) electrons. The molecule has 0 aliphatic carbocycles. The largest absolute Gasteiger partial charge is 0.392 e. The van der Waals surface area contributed by atoms with Gasteiger partial charge >= 0.3 is 0 Å². The van der Waals surface area contributed by atoms with Crippen molar-refractivity contribution in [2.75, 3.05) is 0 Å². The Kier molecular flexibility index (Phi) is 3.15. The smallest absolute Gasteiger partial charge is 0.269 e. The summed E-state index contributed by atoms with van der Waals surface area (Å²) in [6.07, 6.45) is 0. The van der Waals surface area contributed by atoms with Crippen LogP contribution in [-0.4, -0.2) is 18.1 Å². The molecule has 17 heavy (non-hydrogen) atoms. The van der Waals surface area contributed by atoms with Gasteiger partial charge in [0.25, 0.3) is 10.1 Å². The first kappa shape index (κ1) is 12.0. The quantitative estimate of drug-likeness (QED) is 0.816. The molecule has 0 spiro atoms. The Bertz CT molecular complexity index is 647. The predicted octanol–water partition coefficient (Wildman–Crippen LogP) is 1.72. The minimum atomic E-state index is -4.01. The van der Waals surface area contributed by atoms with E-state index in [0.717, 1.165) is 16.3 Å². The van der Waals surface area contributed by atoms with E-state index in [0.29, 0.717) is 5.56 Å². The molecular formula is C12H12O4S. The van der Waals surface area contributed by atoms with Crippen LogP contribution in [0.5, 0.6) is 0 Å². The highest BCUT2D eigenvalue weighted by Gasteiger charge is 2.07. The summed E-state index contributed by atoms with van der Waals surface area (Å²) in [6.45, 7) is -0.0605. The molecular weight excluding hydrogens is 240 g/mol. The van der Waals surface area contributed by atoms with E-state index in [2.05, 4.69) is 0 Å². The van der Waals surface area contributed by atoms with E-state index >= 15 is 0 Å². The zero-order chi connectivity index (χ0) is 12.5. The summed E-state index contributed by atoms with van der Waals surface area (Å²) in [5.41, 5.74) is 1.32. The number of hydrogen-bond acceptors (Lipinski definition) is 3. The maximum absolute atomic E-state index is 10.8. The highest BCUT2D eigenvalue weighted by Crippen LogP contribution is 2.21. The van der Waals surface area contributed by atoms with Crippen LogP contribution in [0, 0.1) is 0 Å². The summed E-state index contributed by atoms with van der Waals surface area (Å²) in [4.78, 5) is 0. The van der Waals surface area contributed by atoms with Crippen molar-refractivity contribution in [1.29, 1.82) is 0 Å². The van der Waals surface area contributed by atoms with Gasteiger partial charge in [0, 0.05) is 0 Å². The predicted molar refractivity (Wildman–Crippen MR) is 65.1 cm³/mol. The van der Waals surface area contributed by atoms with Gasteiger partial charge in [0.15, 0.2) is 0 Å². The number of benzene rings is 2. The number of rotatable bonds is 3. The number of hydrogen-bond donors (Lipinski definition) is 2. The molecule has 0 aliphatic rings. The average molecular weight is 252 g/mol. The van der Waals surface area contributed by atoms with Gasteiger partial charge in [-0.3, -0.25) is 4.55 Å². The van der Waals surface area contributed by atoms with Crippen molar-refractivity contribution in [3.63, 3.8) is 0 Å². The summed E-state index contributed by atoms with van der Waals surface area (Å²) >= 11 is 0. The molecule has 0 bridgehead atoms. The minimum absolute atomic E-state index is 0.0605. The lowest BCUT2D eigenvalue weighted by atomic mass is 10.0. The van der Waals surface area contributed by atoms with Crippen LogP contribution in [0.2, 0.25) is 0 Å². The van der Waals surface area contributed by atoms with Gasteiger partial charge in [-0.1, -0.05) is 36.4 Å². The molecule has 0 fully saturated rings. The second-order valence-corrected chi connectivity index (χ2v) is 5.31. The molecule has 90 valence electrons. The molecule has 2 rings (SSSR count). The second kappa shape index (κ2) is 4.44. The molecule has 0 saturated carbocycles. The third-order valence-corrected chi connectivity index (χ3v) is 3.25. The van der Waals surface area contributed by atoms with Crippen molar-refractivity contribution in [2.45, 2.75) is 12.4 Å². The van der Waals surface area contributed by atoms with Crippen molar-refractivity contribution >= 4 is 20.9 Å². The summed E-state index contributed by atoms with van der Waals surface area (Å²) in [5, 5.41) is 10.9. The normalized spacial score (nSPS) is 11.9. The molecule has 2 N–H and O–H groups in total. The number of aliphatic hydroxyl groups excluding tert-OH is 1. The van der Waals surface area contributed by atoms with Crippen LogP contribution in [0.4, 0.5) is 0 Å². The summed E-state index contributed by atoms with van der Waals surface area (Å²) in [5.74, 6) is -0.397. The number of aliphatic hydroxyl groups is 1. The van der Waals surface area contributed by atoms with Gasteiger partial charge in [-0.15, -0.1) is 0 Å². The molecule has 0 heterocycles. The van der Waals surface area contributed by atoms with Crippen LogP contribution in [-0.2, 0) is 22.5 Å². The molecule has 4 nitrogen and oxygen atoms in total. The molecule has 0 saturated heterocycles. The molecule has 0 atom stereocenters. The monoisotopic (exact) mass is 252 g/mol. The molecule has 5 heteroatoms. The Labute approximate surface area is 99.3 Å². The van der Waals surface area contributed by atoms with Gasteiger partial charge in [0.1, 0.15) is 5.75 Å². The molecule has 0 unspecified atom stereocenters. The van der Waals surface area contributed by atoms with E-state index in [1.165, 1.54) is 0 Å². The summed E-state index contributed by atoms with van der Waals surface area (Å²) in [6, 6.07) is 10.5. The Hall–Kier alpha value is -1.43. The fourth-order valence-electron chi connectivity index (χ4n) is 1.84. The first-order valence-electron chi connectivity index (χ1n) is 5.06. The SMILES string of the molecule is O=S(=O)(O)Cc1ccc2c(CO)cccc2c1. The maximum Gasteiger partial charge on any atom is 0.269 e. The fraction of sp³-hybridized carbons (Fsp3) is 0.167. The highest BCUT2D eigenvalue weighted by atomic mass is 32.2. The first-order chi connectivity index (χ1) is 7.99. The maximum atomic E-state index is 10.8. The Balaban J connectivity index is 2.52. The van der Waals surface area contributed by atoms with E-state index < -0.39 is 15.9 Å². The molecule has 0 aromatic heterocycles. The van der Waals surface area contributed by atoms with Gasteiger partial charge in [0.2, 0.25) is 0 Å². The van der Waals surface area contributed by atoms with E-state index in [1.54, 1.807) is 24.3 Å². The van der Waals surface area contributed by atoms with Crippen molar-refractivity contribution in [3.05, 3.63) is 47.5 Å². The van der Waals surface area contributed by atoms with Gasteiger partial charge in [0.05, 0.1) is 6.61 Å². The Morgan fingerprint density at radius 2 is 1.88 bits per heavy atom. The van der Waals surface area contributed by atoms with Crippen LogP contribution < -0.4 is 0 Å². The standard InChI is InChI=1S/C12H12O4S/c13-7-11-3-1-2-10-6-9(4-5-12(10)11)8-17(14,15)16/h1-6,13H,7-8H2,(H,14,15,16). The van der Waals surface area contributed by atoms with Crippen molar-refractivity contribution in [2.24, 2.45) is 0 Å². The van der Waals surface area contributed by atoms with Crippen LogP contribution in [0.15, 0.2) is 36.4 Å². The Morgan fingerprint density at radius 3 is 2.53 bits per heavy atom. The van der Waals surface area contributed by atoms with Gasteiger partial charge in [-0.2, -0.15) is 8.42 Å². The van der Waals surface area contributed by atoms with Crippen LogP contribution in [0.1, 0.15) is 11.1 Å². The summed E-state index contributed by atoms with van der Waals surface area (Å²) < 4.78 is 30.3. The van der Waals surface area contributed by atoms with Gasteiger partial charge in [-0.25, -0.2) is 0 Å². The van der Waals surface area contributed by atoms with Crippen molar-refractivity contribution in [1.82, 2.24) is 0 Å². The Morgan fingerprint density at radius 1 is 1.12 bits per heavy atom. The molecule has 2 aromatic rings.